The summed E-state index contributed by atoms with van der Waals surface area (Å²) in [6.07, 6.45) is 3.44. The molecule has 0 spiro atoms. The highest BCUT2D eigenvalue weighted by molar-refractivity contribution is 7.89. The highest BCUT2D eigenvalue weighted by atomic mass is 32.2. The van der Waals surface area contributed by atoms with Gasteiger partial charge < -0.3 is 4.98 Å². The van der Waals surface area contributed by atoms with Crippen LogP contribution in [0.3, 0.4) is 0 Å². The number of imidazole rings is 1. The number of H-pyrrole nitrogens is 1. The minimum atomic E-state index is -3.59. The Labute approximate surface area is 129 Å². The summed E-state index contributed by atoms with van der Waals surface area (Å²) in [5, 5.41) is 0. The molecule has 1 aliphatic heterocycles. The number of rotatable bonds is 3. The van der Waals surface area contributed by atoms with E-state index in [1.54, 1.807) is 6.20 Å². The zero-order valence-electron chi connectivity index (χ0n) is 12.3. The van der Waals surface area contributed by atoms with Gasteiger partial charge in [0.1, 0.15) is 11.6 Å². The quantitative estimate of drug-likeness (QED) is 0.943. The standard InChI is InChI=1S/C15H18FN3O2S/c1-11-9-17-15(18-11)12-3-2-8-19(10-12)22(20,21)14-6-4-13(16)5-7-14/h4-7,9,12H,2-3,8,10H2,1H3,(H,17,18)/t12-/m0/s1. The maximum atomic E-state index is 13.0. The summed E-state index contributed by atoms with van der Waals surface area (Å²) in [7, 11) is -3.59. The Kier molecular flexibility index (Phi) is 4.01. The van der Waals surface area contributed by atoms with Gasteiger partial charge >= 0.3 is 0 Å². The van der Waals surface area contributed by atoms with Crippen LogP contribution in [0, 0.1) is 12.7 Å². The molecular formula is C15H18FN3O2S. The largest absolute Gasteiger partial charge is 0.346 e. The maximum absolute atomic E-state index is 13.0. The summed E-state index contributed by atoms with van der Waals surface area (Å²) in [5.74, 6) is 0.454. The zero-order chi connectivity index (χ0) is 15.7. The topological polar surface area (TPSA) is 66.1 Å². The fourth-order valence-corrected chi connectivity index (χ4v) is 4.30. The Morgan fingerprint density at radius 2 is 2.05 bits per heavy atom. The van der Waals surface area contributed by atoms with Crippen LogP contribution in [0.25, 0.3) is 0 Å². The molecule has 5 nitrogen and oxygen atoms in total. The fraction of sp³-hybridized carbons (Fsp3) is 0.400. The van der Waals surface area contributed by atoms with Gasteiger partial charge in [-0.25, -0.2) is 17.8 Å². The second-order valence-electron chi connectivity index (χ2n) is 5.61. The molecule has 22 heavy (non-hydrogen) atoms. The van der Waals surface area contributed by atoms with Crippen LogP contribution in [0.5, 0.6) is 0 Å². The Morgan fingerprint density at radius 1 is 1.32 bits per heavy atom. The zero-order valence-corrected chi connectivity index (χ0v) is 13.1. The van der Waals surface area contributed by atoms with Crippen LogP contribution < -0.4 is 0 Å². The van der Waals surface area contributed by atoms with Crippen molar-refractivity contribution < 1.29 is 12.8 Å². The SMILES string of the molecule is Cc1cnc([C@H]2CCCN(S(=O)(=O)c3ccc(F)cc3)C2)[nH]1. The molecule has 0 radical (unpaired) electrons. The maximum Gasteiger partial charge on any atom is 0.243 e. The highest BCUT2D eigenvalue weighted by Gasteiger charge is 2.31. The molecule has 1 N–H and O–H groups in total. The molecule has 1 saturated heterocycles. The number of aryl methyl sites for hydroxylation is 1. The van der Waals surface area contributed by atoms with E-state index in [-0.39, 0.29) is 10.8 Å². The average Bonchev–Trinajstić information content (AvgIpc) is 2.94. The first-order valence-corrected chi connectivity index (χ1v) is 8.68. The first-order valence-electron chi connectivity index (χ1n) is 7.24. The molecule has 1 atom stereocenters. The van der Waals surface area contributed by atoms with E-state index >= 15 is 0 Å². The van der Waals surface area contributed by atoms with Gasteiger partial charge in [0.25, 0.3) is 0 Å². The predicted molar refractivity (Wildman–Crippen MR) is 80.5 cm³/mol. The lowest BCUT2D eigenvalue weighted by Gasteiger charge is -2.31. The molecule has 0 saturated carbocycles. The first kappa shape index (κ1) is 15.2. The van der Waals surface area contributed by atoms with Gasteiger partial charge in [-0.2, -0.15) is 4.31 Å². The summed E-state index contributed by atoms with van der Waals surface area (Å²) < 4.78 is 39.8. The Balaban J connectivity index is 1.83. The molecule has 118 valence electrons. The number of nitrogens with zero attached hydrogens (tertiary/aromatic N) is 2. The number of aromatic amines is 1. The van der Waals surface area contributed by atoms with Crippen molar-refractivity contribution in [2.75, 3.05) is 13.1 Å². The summed E-state index contributed by atoms with van der Waals surface area (Å²) in [5.41, 5.74) is 0.966. The van der Waals surface area contributed by atoms with E-state index in [0.29, 0.717) is 13.1 Å². The number of aromatic nitrogens is 2. The molecule has 0 unspecified atom stereocenters. The van der Waals surface area contributed by atoms with Gasteiger partial charge in [0, 0.05) is 30.9 Å². The normalized spacial score (nSPS) is 20.2. The Hall–Kier alpha value is -1.73. The average molecular weight is 323 g/mol. The first-order chi connectivity index (χ1) is 10.5. The summed E-state index contributed by atoms with van der Waals surface area (Å²) in [4.78, 5) is 7.63. The summed E-state index contributed by atoms with van der Waals surface area (Å²) >= 11 is 0. The van der Waals surface area contributed by atoms with Crippen LogP contribution in [0.4, 0.5) is 4.39 Å². The van der Waals surface area contributed by atoms with E-state index in [2.05, 4.69) is 9.97 Å². The van der Waals surface area contributed by atoms with Crippen molar-refractivity contribution in [3.05, 3.63) is 47.8 Å². The third-order valence-electron chi connectivity index (χ3n) is 3.94. The molecule has 1 aliphatic rings. The molecule has 1 aromatic carbocycles. The second-order valence-corrected chi connectivity index (χ2v) is 7.55. The lowest BCUT2D eigenvalue weighted by molar-refractivity contribution is 0.310. The van der Waals surface area contributed by atoms with Crippen molar-refractivity contribution in [3.63, 3.8) is 0 Å². The van der Waals surface area contributed by atoms with E-state index in [9.17, 15) is 12.8 Å². The minimum Gasteiger partial charge on any atom is -0.346 e. The monoisotopic (exact) mass is 323 g/mol. The number of sulfonamides is 1. The molecular weight excluding hydrogens is 305 g/mol. The van der Waals surface area contributed by atoms with Gasteiger partial charge in [0.05, 0.1) is 4.90 Å². The lowest BCUT2D eigenvalue weighted by atomic mass is 9.99. The summed E-state index contributed by atoms with van der Waals surface area (Å²) in [6.45, 7) is 2.80. The lowest BCUT2D eigenvalue weighted by Crippen LogP contribution is -2.39. The van der Waals surface area contributed by atoms with Gasteiger partial charge in [-0.3, -0.25) is 0 Å². The van der Waals surface area contributed by atoms with E-state index in [0.717, 1.165) is 24.4 Å². The molecule has 3 rings (SSSR count). The molecule has 0 aliphatic carbocycles. The van der Waals surface area contributed by atoms with Crippen LogP contribution in [0.2, 0.25) is 0 Å². The number of halogens is 1. The highest BCUT2D eigenvalue weighted by Crippen LogP contribution is 2.28. The van der Waals surface area contributed by atoms with Crippen molar-refractivity contribution in [2.24, 2.45) is 0 Å². The van der Waals surface area contributed by atoms with Crippen molar-refractivity contribution >= 4 is 10.0 Å². The van der Waals surface area contributed by atoms with E-state index in [4.69, 9.17) is 0 Å². The van der Waals surface area contributed by atoms with E-state index < -0.39 is 15.8 Å². The van der Waals surface area contributed by atoms with Gasteiger partial charge in [-0.05, 0) is 44.0 Å². The Bertz CT molecular complexity index is 755. The van der Waals surface area contributed by atoms with Gasteiger partial charge in [0.15, 0.2) is 0 Å². The summed E-state index contributed by atoms with van der Waals surface area (Å²) in [6, 6.07) is 4.96. The van der Waals surface area contributed by atoms with Gasteiger partial charge in [-0.1, -0.05) is 0 Å². The minimum absolute atomic E-state index is 0.0673. The second kappa shape index (κ2) is 5.81. The number of hydrogen-bond donors (Lipinski definition) is 1. The van der Waals surface area contributed by atoms with Crippen LogP contribution in [-0.4, -0.2) is 35.8 Å². The van der Waals surface area contributed by atoms with Crippen LogP contribution in [-0.2, 0) is 10.0 Å². The molecule has 0 bridgehead atoms. The van der Waals surface area contributed by atoms with Crippen molar-refractivity contribution in [2.45, 2.75) is 30.6 Å². The van der Waals surface area contributed by atoms with Crippen molar-refractivity contribution in [1.29, 1.82) is 0 Å². The van der Waals surface area contributed by atoms with Crippen LogP contribution in [0.15, 0.2) is 35.4 Å². The van der Waals surface area contributed by atoms with Crippen molar-refractivity contribution in [1.82, 2.24) is 14.3 Å². The number of benzene rings is 1. The molecule has 1 fully saturated rings. The van der Waals surface area contributed by atoms with E-state index in [1.807, 2.05) is 6.92 Å². The number of hydrogen-bond acceptors (Lipinski definition) is 3. The molecule has 0 amide bonds. The molecule has 2 aromatic rings. The van der Waals surface area contributed by atoms with Crippen LogP contribution in [0.1, 0.15) is 30.3 Å². The van der Waals surface area contributed by atoms with Gasteiger partial charge in [0.2, 0.25) is 10.0 Å². The smallest absolute Gasteiger partial charge is 0.243 e. The third-order valence-corrected chi connectivity index (χ3v) is 5.82. The van der Waals surface area contributed by atoms with Gasteiger partial charge in [-0.15, -0.1) is 0 Å². The fourth-order valence-electron chi connectivity index (χ4n) is 2.78. The molecule has 2 heterocycles. The van der Waals surface area contributed by atoms with E-state index in [1.165, 1.54) is 28.6 Å². The number of piperidine rings is 1. The third kappa shape index (κ3) is 2.91. The van der Waals surface area contributed by atoms with Crippen molar-refractivity contribution in [3.8, 4) is 0 Å². The molecule has 7 heteroatoms. The number of nitrogens with one attached hydrogen (secondary N) is 1. The molecule has 1 aromatic heterocycles. The van der Waals surface area contributed by atoms with Crippen LogP contribution >= 0.6 is 0 Å². The predicted octanol–water partition coefficient (Wildman–Crippen LogP) is 2.43. The Morgan fingerprint density at radius 3 is 2.68 bits per heavy atom.